The van der Waals surface area contributed by atoms with Crippen LogP contribution in [0.5, 0.6) is 0 Å². The number of unbranched alkanes of at least 4 members (excludes halogenated alkanes) is 1. The van der Waals surface area contributed by atoms with Crippen molar-refractivity contribution in [3.8, 4) is 0 Å². The molecule has 9 N–H and O–H groups in total. The normalized spacial score (nSPS) is 26.6. The van der Waals surface area contributed by atoms with Gasteiger partial charge < -0.3 is 33.0 Å². The third-order valence-corrected chi connectivity index (χ3v) is 6.87. The van der Waals surface area contributed by atoms with Gasteiger partial charge >= 0.3 is 5.97 Å². The number of amides is 1. The molecule has 0 aromatic carbocycles. The third kappa shape index (κ3) is 6.14. The predicted molar refractivity (Wildman–Crippen MR) is 131 cm³/mol. The number of ether oxygens (including phenoxy) is 1. The molecule has 0 aromatic rings. The Kier molecular flexibility index (Phi) is 11.1. The SMILES string of the molecule is COC(=O)C1(N)CCC(C(=O)C(CC(C)C)NC(C)=O)C1(C(=O)C(C)N)C(=O)C(N)CCCCN. The number of ketones is 3. The van der Waals surface area contributed by atoms with Crippen molar-refractivity contribution >= 4 is 29.2 Å². The Labute approximate surface area is 207 Å². The summed E-state index contributed by atoms with van der Waals surface area (Å²) in [5, 5.41) is 2.63. The van der Waals surface area contributed by atoms with Crippen LogP contribution in [-0.4, -0.2) is 66.5 Å². The molecule has 1 saturated carbocycles. The first-order valence-corrected chi connectivity index (χ1v) is 12.2. The van der Waals surface area contributed by atoms with Gasteiger partial charge in [-0.3, -0.25) is 24.0 Å². The highest BCUT2D eigenvalue weighted by molar-refractivity contribution is 6.19. The van der Waals surface area contributed by atoms with E-state index in [4.69, 9.17) is 27.7 Å². The van der Waals surface area contributed by atoms with E-state index >= 15 is 0 Å². The van der Waals surface area contributed by atoms with Crippen LogP contribution in [0.1, 0.15) is 66.2 Å². The Morgan fingerprint density at radius 2 is 1.66 bits per heavy atom. The van der Waals surface area contributed by atoms with E-state index in [1.165, 1.54) is 13.8 Å². The lowest BCUT2D eigenvalue weighted by molar-refractivity contribution is -0.165. The maximum Gasteiger partial charge on any atom is 0.327 e. The molecular weight excluding hydrogens is 454 g/mol. The molecule has 0 radical (unpaired) electrons. The van der Waals surface area contributed by atoms with Crippen molar-refractivity contribution in [1.29, 1.82) is 0 Å². The number of hydrogen-bond acceptors (Lipinski definition) is 10. The first-order chi connectivity index (χ1) is 16.2. The maximum absolute atomic E-state index is 14.1. The van der Waals surface area contributed by atoms with Crippen molar-refractivity contribution in [1.82, 2.24) is 5.32 Å². The lowest BCUT2D eigenvalue weighted by atomic mass is 9.57. The average Bonchev–Trinajstić information content (AvgIpc) is 3.10. The van der Waals surface area contributed by atoms with Gasteiger partial charge in [-0.25, -0.2) is 0 Å². The van der Waals surface area contributed by atoms with Gasteiger partial charge in [0.05, 0.1) is 25.2 Å². The van der Waals surface area contributed by atoms with E-state index in [0.717, 1.165) is 7.11 Å². The number of hydrogen-bond donors (Lipinski definition) is 5. The molecule has 11 heteroatoms. The molecule has 1 fully saturated rings. The Morgan fingerprint density at radius 3 is 2.11 bits per heavy atom. The number of nitrogens with two attached hydrogens (primary N) is 4. The number of methoxy groups -OCH3 is 1. The fourth-order valence-electron chi connectivity index (χ4n) is 5.30. The van der Waals surface area contributed by atoms with Gasteiger partial charge in [-0.15, -0.1) is 0 Å². The highest BCUT2D eigenvalue weighted by Crippen LogP contribution is 2.53. The molecule has 1 aliphatic carbocycles. The van der Waals surface area contributed by atoms with E-state index in [0.29, 0.717) is 19.4 Å². The van der Waals surface area contributed by atoms with Crippen LogP contribution in [0.25, 0.3) is 0 Å². The second kappa shape index (κ2) is 12.7. The zero-order valence-corrected chi connectivity index (χ0v) is 21.6. The molecule has 35 heavy (non-hydrogen) atoms. The topological polar surface area (TPSA) is 211 Å². The van der Waals surface area contributed by atoms with Gasteiger partial charge in [0.25, 0.3) is 0 Å². The van der Waals surface area contributed by atoms with Crippen molar-refractivity contribution in [2.24, 2.45) is 40.2 Å². The summed E-state index contributed by atoms with van der Waals surface area (Å²) in [5.41, 5.74) is 19.9. The lowest BCUT2D eigenvalue weighted by Gasteiger charge is -2.44. The molecule has 0 bridgehead atoms. The Hall–Kier alpha value is -2.21. The summed E-state index contributed by atoms with van der Waals surface area (Å²) in [6.07, 6.45) is 1.35. The van der Waals surface area contributed by atoms with Crippen LogP contribution in [0.15, 0.2) is 0 Å². The van der Waals surface area contributed by atoms with Gasteiger partial charge in [0.15, 0.2) is 17.3 Å². The first kappa shape index (κ1) is 30.8. The van der Waals surface area contributed by atoms with Gasteiger partial charge in [0, 0.05) is 12.8 Å². The zero-order chi connectivity index (χ0) is 27.1. The molecule has 6 atom stereocenters. The number of carbonyl (C=O) groups is 5. The molecule has 0 heterocycles. The van der Waals surface area contributed by atoms with Crippen LogP contribution >= 0.6 is 0 Å². The first-order valence-electron chi connectivity index (χ1n) is 12.2. The van der Waals surface area contributed by atoms with Crippen LogP contribution in [-0.2, 0) is 28.7 Å². The van der Waals surface area contributed by atoms with E-state index < -0.39 is 64.2 Å². The second-order valence-electron chi connectivity index (χ2n) is 10.1. The zero-order valence-electron chi connectivity index (χ0n) is 21.6. The van der Waals surface area contributed by atoms with E-state index in [1.807, 2.05) is 13.8 Å². The summed E-state index contributed by atoms with van der Waals surface area (Å²) in [6, 6.07) is -3.39. The number of rotatable bonds is 14. The summed E-state index contributed by atoms with van der Waals surface area (Å²) < 4.78 is 4.92. The van der Waals surface area contributed by atoms with Gasteiger partial charge in [-0.1, -0.05) is 20.3 Å². The van der Waals surface area contributed by atoms with Crippen molar-refractivity contribution in [3.63, 3.8) is 0 Å². The fraction of sp³-hybridized carbons (Fsp3) is 0.792. The molecule has 1 amide bonds. The van der Waals surface area contributed by atoms with E-state index in [1.54, 1.807) is 0 Å². The van der Waals surface area contributed by atoms with Gasteiger partial charge in [0.2, 0.25) is 5.91 Å². The van der Waals surface area contributed by atoms with Gasteiger partial charge in [0.1, 0.15) is 11.0 Å². The minimum absolute atomic E-state index is 0.00759. The molecule has 0 aliphatic heterocycles. The summed E-state index contributed by atoms with van der Waals surface area (Å²) in [4.78, 5) is 66.7. The van der Waals surface area contributed by atoms with Crippen molar-refractivity contribution < 1.29 is 28.7 Å². The molecule has 6 unspecified atom stereocenters. The van der Waals surface area contributed by atoms with Crippen LogP contribution in [0.2, 0.25) is 0 Å². The highest BCUT2D eigenvalue weighted by Gasteiger charge is 2.73. The molecule has 11 nitrogen and oxygen atoms in total. The van der Waals surface area contributed by atoms with Crippen LogP contribution in [0, 0.1) is 17.3 Å². The van der Waals surface area contributed by atoms with Crippen LogP contribution in [0.4, 0.5) is 0 Å². The Bertz CT molecular complexity index is 816. The monoisotopic (exact) mass is 497 g/mol. The van der Waals surface area contributed by atoms with E-state index in [2.05, 4.69) is 5.32 Å². The summed E-state index contributed by atoms with van der Waals surface area (Å²) in [5.74, 6) is -4.95. The Balaban J connectivity index is 3.81. The van der Waals surface area contributed by atoms with Crippen LogP contribution in [0.3, 0.4) is 0 Å². The summed E-state index contributed by atoms with van der Waals surface area (Å²) in [7, 11) is 1.09. The van der Waals surface area contributed by atoms with E-state index in [-0.39, 0.29) is 31.6 Å². The minimum atomic E-state index is -2.33. The van der Waals surface area contributed by atoms with Crippen molar-refractivity contribution in [3.05, 3.63) is 0 Å². The standard InChI is InChI=1S/C24H43N5O6/c1-13(2)12-18(29-15(4)30)19(31)16-9-10-23(28,22(34)35-5)24(16,20(32)14(3)26)21(33)17(27)8-6-7-11-25/h13-14,16-18H,6-12,25-28H2,1-5H3,(H,29,30). The van der Waals surface area contributed by atoms with E-state index in [9.17, 15) is 24.0 Å². The number of nitrogens with one attached hydrogen (secondary N) is 1. The van der Waals surface area contributed by atoms with Crippen LogP contribution < -0.4 is 28.3 Å². The predicted octanol–water partition coefficient (Wildman–Crippen LogP) is -0.685. The maximum atomic E-state index is 14.1. The molecule has 1 aliphatic rings. The van der Waals surface area contributed by atoms with Crippen molar-refractivity contribution in [2.45, 2.75) is 89.9 Å². The largest absolute Gasteiger partial charge is 0.468 e. The smallest absolute Gasteiger partial charge is 0.327 e. The average molecular weight is 498 g/mol. The summed E-state index contributed by atoms with van der Waals surface area (Å²) >= 11 is 0. The minimum Gasteiger partial charge on any atom is -0.468 e. The summed E-state index contributed by atoms with van der Waals surface area (Å²) in [6.45, 7) is 6.78. The van der Waals surface area contributed by atoms with Gasteiger partial charge in [-0.2, -0.15) is 0 Å². The molecule has 1 rings (SSSR count). The molecule has 0 aromatic heterocycles. The number of carbonyl (C=O) groups excluding carboxylic acids is 5. The highest BCUT2D eigenvalue weighted by atomic mass is 16.5. The third-order valence-electron chi connectivity index (χ3n) is 6.87. The molecule has 0 saturated heterocycles. The molecule has 200 valence electrons. The van der Waals surface area contributed by atoms with Crippen molar-refractivity contribution in [2.75, 3.05) is 13.7 Å². The number of Topliss-reactive ketones (excluding diaryl/α,β-unsaturated/α-hetero) is 3. The lowest BCUT2D eigenvalue weighted by Crippen LogP contribution is -2.72. The Morgan fingerprint density at radius 1 is 1.06 bits per heavy atom. The van der Waals surface area contributed by atoms with Gasteiger partial charge in [-0.05, 0) is 51.5 Å². The molecular formula is C24H43N5O6. The molecule has 0 spiro atoms. The fourth-order valence-corrected chi connectivity index (χ4v) is 5.30. The number of esters is 1. The second-order valence-corrected chi connectivity index (χ2v) is 10.1. The quantitative estimate of drug-likeness (QED) is 0.116.